The Bertz CT molecular complexity index is 1220. The predicted octanol–water partition coefficient (Wildman–Crippen LogP) is 3.55. The van der Waals surface area contributed by atoms with Crippen LogP contribution in [-0.2, 0) is 9.59 Å². The summed E-state index contributed by atoms with van der Waals surface area (Å²) in [6, 6.07) is 15.0. The molecular weight excluding hydrogens is 506 g/mol. The third-order valence-corrected chi connectivity index (χ3v) is 4.76. The zero-order valence-corrected chi connectivity index (χ0v) is 19.6. The van der Waals surface area contributed by atoms with Crippen molar-refractivity contribution in [2.45, 2.75) is 0 Å². The Balaban J connectivity index is 1.56. The highest BCUT2D eigenvalue weighted by Gasteiger charge is 2.12. The fourth-order valence-electron chi connectivity index (χ4n) is 2.69. The molecule has 1 heterocycles. The van der Waals surface area contributed by atoms with Gasteiger partial charge in [-0.25, -0.2) is 10.2 Å². The number of ether oxygens (including phenoxy) is 2. The van der Waals surface area contributed by atoms with Crippen molar-refractivity contribution in [2.75, 3.05) is 13.7 Å². The first-order valence-corrected chi connectivity index (χ1v) is 10.7. The number of nitrogens with zero attached hydrogens (tertiary/aromatic N) is 1. The molecule has 0 aliphatic heterocycles. The first kappa shape index (κ1) is 24.5. The lowest BCUT2D eigenvalue weighted by atomic mass is 10.2. The molecule has 0 aliphatic rings. The van der Waals surface area contributed by atoms with Gasteiger partial charge in [-0.2, -0.15) is 5.10 Å². The average molecular weight is 526 g/mol. The van der Waals surface area contributed by atoms with Gasteiger partial charge in [-0.15, -0.1) is 0 Å². The van der Waals surface area contributed by atoms with Gasteiger partial charge in [0.05, 0.1) is 31.7 Å². The van der Waals surface area contributed by atoms with Gasteiger partial charge in [0.1, 0.15) is 17.3 Å². The van der Waals surface area contributed by atoms with Crippen molar-refractivity contribution in [1.82, 2.24) is 10.7 Å². The molecule has 2 N–H and O–H groups in total. The van der Waals surface area contributed by atoms with Crippen molar-refractivity contribution in [2.24, 2.45) is 5.10 Å². The molecule has 0 unspecified atom stereocenters. The minimum atomic E-state index is -0.614. The molecule has 2 aromatic carbocycles. The van der Waals surface area contributed by atoms with Crippen LogP contribution >= 0.6 is 15.9 Å². The van der Waals surface area contributed by atoms with E-state index >= 15 is 0 Å². The third kappa shape index (κ3) is 7.17. The van der Waals surface area contributed by atoms with Gasteiger partial charge >= 0.3 is 5.97 Å². The van der Waals surface area contributed by atoms with Gasteiger partial charge < -0.3 is 19.2 Å². The van der Waals surface area contributed by atoms with E-state index in [1.807, 2.05) is 0 Å². The van der Waals surface area contributed by atoms with Crippen LogP contribution in [0.5, 0.6) is 11.5 Å². The second-order valence-corrected chi connectivity index (χ2v) is 7.54. The summed E-state index contributed by atoms with van der Waals surface area (Å²) in [5.41, 5.74) is 3.06. The summed E-state index contributed by atoms with van der Waals surface area (Å²) in [7, 11) is 1.45. The number of carbonyl (C=O) groups excluding carboxylic acids is 3. The number of hydrazone groups is 1. The molecule has 0 saturated heterocycles. The number of para-hydroxylation sites is 1. The lowest BCUT2D eigenvalue weighted by molar-refractivity contribution is -0.129. The van der Waals surface area contributed by atoms with E-state index in [2.05, 4.69) is 31.8 Å². The second kappa shape index (κ2) is 12.2. The van der Waals surface area contributed by atoms with Crippen molar-refractivity contribution in [3.8, 4) is 11.5 Å². The lowest BCUT2D eigenvalue weighted by Gasteiger charge is -2.08. The molecule has 9 nitrogen and oxygen atoms in total. The van der Waals surface area contributed by atoms with E-state index in [-0.39, 0.29) is 12.3 Å². The Labute approximate surface area is 203 Å². The van der Waals surface area contributed by atoms with Gasteiger partial charge in [-0.05, 0) is 48.5 Å². The first-order chi connectivity index (χ1) is 16.5. The van der Waals surface area contributed by atoms with Crippen molar-refractivity contribution in [1.29, 1.82) is 0 Å². The molecule has 174 valence electrons. The third-order valence-electron chi connectivity index (χ3n) is 4.26. The largest absolute Gasteiger partial charge is 0.496 e. The van der Waals surface area contributed by atoms with E-state index in [0.717, 1.165) is 4.47 Å². The molecule has 2 amide bonds. The highest BCUT2D eigenvalue weighted by Crippen LogP contribution is 2.22. The van der Waals surface area contributed by atoms with Crippen LogP contribution in [0.25, 0.3) is 6.08 Å². The van der Waals surface area contributed by atoms with E-state index in [9.17, 15) is 14.4 Å². The van der Waals surface area contributed by atoms with Crippen LogP contribution in [0, 0.1) is 0 Å². The molecule has 0 saturated carbocycles. The zero-order valence-electron chi connectivity index (χ0n) is 18.0. The summed E-state index contributed by atoms with van der Waals surface area (Å²) in [5.74, 6) is -0.477. The summed E-state index contributed by atoms with van der Waals surface area (Å²) in [6.45, 7) is -0.299. The Morgan fingerprint density at radius 3 is 2.68 bits per heavy atom. The number of rotatable bonds is 9. The molecule has 0 radical (unpaired) electrons. The summed E-state index contributed by atoms with van der Waals surface area (Å²) < 4.78 is 16.3. The van der Waals surface area contributed by atoms with Crippen LogP contribution in [0.1, 0.15) is 21.7 Å². The van der Waals surface area contributed by atoms with E-state index in [1.165, 1.54) is 31.7 Å². The van der Waals surface area contributed by atoms with E-state index in [1.54, 1.807) is 54.6 Å². The number of nitrogens with one attached hydrogen (secondary N) is 2. The summed E-state index contributed by atoms with van der Waals surface area (Å²) in [6.07, 6.45) is 5.53. The summed E-state index contributed by atoms with van der Waals surface area (Å²) >= 11 is 3.34. The zero-order chi connectivity index (χ0) is 24.3. The van der Waals surface area contributed by atoms with Crippen LogP contribution in [0.4, 0.5) is 0 Å². The number of methoxy groups -OCH3 is 1. The van der Waals surface area contributed by atoms with Crippen molar-refractivity contribution in [3.05, 3.63) is 88.3 Å². The molecule has 0 aliphatic carbocycles. The smallest absolute Gasteiger partial charge is 0.336 e. The summed E-state index contributed by atoms with van der Waals surface area (Å²) in [4.78, 5) is 36.4. The normalized spacial score (nSPS) is 10.9. The van der Waals surface area contributed by atoms with Crippen LogP contribution in [0.15, 0.2) is 80.9 Å². The lowest BCUT2D eigenvalue weighted by Crippen LogP contribution is -2.35. The highest BCUT2D eigenvalue weighted by atomic mass is 79.9. The first-order valence-electron chi connectivity index (χ1n) is 9.92. The van der Waals surface area contributed by atoms with Crippen LogP contribution in [0.2, 0.25) is 0 Å². The van der Waals surface area contributed by atoms with Gasteiger partial charge in [0.2, 0.25) is 0 Å². The number of esters is 1. The molecule has 3 rings (SSSR count). The maximum absolute atomic E-state index is 12.3. The topological polar surface area (TPSA) is 119 Å². The van der Waals surface area contributed by atoms with Gasteiger partial charge in [0.15, 0.2) is 0 Å². The molecule has 0 bridgehead atoms. The Hall–Kier alpha value is -4.18. The van der Waals surface area contributed by atoms with Crippen molar-refractivity contribution in [3.63, 3.8) is 0 Å². The predicted molar refractivity (Wildman–Crippen MR) is 129 cm³/mol. The van der Waals surface area contributed by atoms with Crippen molar-refractivity contribution >= 4 is 46.0 Å². The fraction of sp³-hybridized carbons (Fsp3) is 0.0833. The molecule has 3 aromatic rings. The molecule has 1 aromatic heterocycles. The van der Waals surface area contributed by atoms with E-state index < -0.39 is 17.8 Å². The Morgan fingerprint density at radius 1 is 1.09 bits per heavy atom. The second-order valence-electron chi connectivity index (χ2n) is 6.63. The standard InChI is InChI=1S/C24H20BrN3O6/c1-32-21-7-3-2-6-19(21)24(31)26-15-22(29)28-27-14-16-13-17(25)8-10-20(16)34-23(30)11-9-18-5-4-12-33-18/h2-14H,15H2,1H3,(H,26,31)(H,28,29)/b11-9-,27-14+. The molecule has 10 heteroatoms. The monoisotopic (exact) mass is 525 g/mol. The molecular formula is C24H20BrN3O6. The molecule has 0 fully saturated rings. The summed E-state index contributed by atoms with van der Waals surface area (Å²) in [5, 5.41) is 6.37. The Kier molecular flexibility index (Phi) is 8.75. The number of carbonyl (C=O) groups is 3. The number of hydrogen-bond donors (Lipinski definition) is 2. The SMILES string of the molecule is COc1ccccc1C(=O)NCC(=O)N/N=C/c1cc(Br)ccc1OC(=O)/C=C\c1ccco1. The average Bonchev–Trinajstić information content (AvgIpc) is 3.36. The van der Waals surface area contributed by atoms with Gasteiger partial charge in [-0.3, -0.25) is 9.59 Å². The minimum Gasteiger partial charge on any atom is -0.496 e. The van der Waals surface area contributed by atoms with Gasteiger partial charge in [-0.1, -0.05) is 28.1 Å². The number of halogens is 1. The van der Waals surface area contributed by atoms with Crippen LogP contribution in [0.3, 0.4) is 0 Å². The molecule has 34 heavy (non-hydrogen) atoms. The quantitative estimate of drug-likeness (QED) is 0.145. The maximum atomic E-state index is 12.3. The van der Waals surface area contributed by atoms with Crippen molar-refractivity contribution < 1.29 is 28.3 Å². The number of hydrogen-bond acceptors (Lipinski definition) is 7. The number of amides is 2. The molecule has 0 spiro atoms. The van der Waals surface area contributed by atoms with Gasteiger partial charge in [0.25, 0.3) is 11.8 Å². The van der Waals surface area contributed by atoms with Gasteiger partial charge in [0, 0.05) is 16.1 Å². The van der Waals surface area contributed by atoms with Crippen LogP contribution < -0.4 is 20.2 Å². The minimum absolute atomic E-state index is 0.236. The van der Waals surface area contributed by atoms with E-state index in [0.29, 0.717) is 22.6 Å². The number of furan rings is 1. The maximum Gasteiger partial charge on any atom is 0.336 e. The Morgan fingerprint density at radius 2 is 1.91 bits per heavy atom. The van der Waals surface area contributed by atoms with E-state index in [4.69, 9.17) is 13.9 Å². The number of benzene rings is 2. The highest BCUT2D eigenvalue weighted by molar-refractivity contribution is 9.10. The molecule has 0 atom stereocenters. The fourth-order valence-corrected chi connectivity index (χ4v) is 3.07. The van der Waals surface area contributed by atoms with Crippen LogP contribution in [-0.4, -0.2) is 37.7 Å².